The largest absolute Gasteiger partial charge is 0.481 e. The van der Waals surface area contributed by atoms with Crippen LogP contribution < -0.4 is 10.6 Å². The van der Waals surface area contributed by atoms with E-state index in [-0.39, 0.29) is 37.7 Å². The van der Waals surface area contributed by atoms with Crippen LogP contribution in [0, 0.1) is 0 Å². The van der Waals surface area contributed by atoms with Crippen LogP contribution in [-0.4, -0.2) is 56.3 Å². The lowest BCUT2D eigenvalue weighted by Crippen LogP contribution is -2.47. The quantitative estimate of drug-likeness (QED) is 0.382. The van der Waals surface area contributed by atoms with Crippen molar-refractivity contribution in [2.24, 2.45) is 0 Å². The van der Waals surface area contributed by atoms with Crippen molar-refractivity contribution in [3.8, 4) is 11.1 Å². The van der Waals surface area contributed by atoms with Crippen LogP contribution >= 0.6 is 0 Å². The maximum atomic E-state index is 12.5. The Morgan fingerprint density at radius 1 is 1.06 bits per heavy atom. The van der Waals surface area contributed by atoms with E-state index in [4.69, 9.17) is 9.84 Å². The number of nitrogens with one attached hydrogen (secondary N) is 3. The molecule has 0 fully saturated rings. The number of aromatic amines is 1. The first-order valence-electron chi connectivity index (χ1n) is 10.4. The molecule has 33 heavy (non-hydrogen) atoms. The van der Waals surface area contributed by atoms with Gasteiger partial charge in [0.1, 0.15) is 12.6 Å². The van der Waals surface area contributed by atoms with E-state index in [2.05, 4.69) is 31.3 Å². The first kappa shape index (κ1) is 21.9. The summed E-state index contributed by atoms with van der Waals surface area (Å²) < 4.78 is 5.46. The molecule has 1 unspecified atom stereocenters. The fourth-order valence-corrected chi connectivity index (χ4v) is 3.87. The van der Waals surface area contributed by atoms with Crippen LogP contribution in [0.25, 0.3) is 11.1 Å². The number of carbonyl (C=O) groups excluding carboxylic acids is 2. The van der Waals surface area contributed by atoms with Gasteiger partial charge in [0, 0.05) is 12.3 Å². The second kappa shape index (κ2) is 9.90. The van der Waals surface area contributed by atoms with Crippen LogP contribution in [0.4, 0.5) is 4.79 Å². The number of ether oxygens (including phenoxy) is 1. The Hall–Kier alpha value is -4.28. The van der Waals surface area contributed by atoms with E-state index >= 15 is 0 Å². The van der Waals surface area contributed by atoms with Gasteiger partial charge in [-0.2, -0.15) is 5.21 Å². The normalized spacial score (nSPS) is 13.0. The van der Waals surface area contributed by atoms with Crippen LogP contribution in [0.2, 0.25) is 0 Å². The highest BCUT2D eigenvalue weighted by Gasteiger charge is 2.30. The summed E-state index contributed by atoms with van der Waals surface area (Å²) in [6.07, 6.45) is -1.20. The molecule has 0 aliphatic heterocycles. The summed E-state index contributed by atoms with van der Waals surface area (Å²) in [6, 6.07) is 14.8. The molecule has 11 nitrogen and oxygen atoms in total. The molecule has 3 aromatic rings. The number of carboxylic acids is 1. The maximum Gasteiger partial charge on any atom is 0.407 e. The highest BCUT2D eigenvalue weighted by molar-refractivity contribution is 5.86. The molecule has 0 saturated heterocycles. The van der Waals surface area contributed by atoms with Gasteiger partial charge in [-0.05, 0) is 28.7 Å². The molecule has 1 aliphatic rings. The molecule has 0 bridgehead atoms. The van der Waals surface area contributed by atoms with Crippen LogP contribution in [-0.2, 0) is 20.9 Å². The summed E-state index contributed by atoms with van der Waals surface area (Å²) in [7, 11) is 0. The second-order valence-corrected chi connectivity index (χ2v) is 7.50. The van der Waals surface area contributed by atoms with Crippen molar-refractivity contribution in [3.63, 3.8) is 0 Å². The molecule has 2 amide bonds. The van der Waals surface area contributed by atoms with Crippen molar-refractivity contribution in [1.82, 2.24) is 31.3 Å². The average Bonchev–Trinajstić information content (AvgIpc) is 3.45. The molecule has 170 valence electrons. The number of alkyl carbamates (subject to hydrolysis) is 1. The van der Waals surface area contributed by atoms with Crippen molar-refractivity contribution in [3.05, 3.63) is 65.5 Å². The number of carbonyl (C=O) groups is 3. The maximum absolute atomic E-state index is 12.5. The number of aromatic nitrogens is 4. The molecule has 0 saturated carbocycles. The minimum Gasteiger partial charge on any atom is -0.481 e. The van der Waals surface area contributed by atoms with Crippen LogP contribution in [0.1, 0.15) is 35.7 Å². The monoisotopic (exact) mass is 450 g/mol. The van der Waals surface area contributed by atoms with E-state index in [0.29, 0.717) is 0 Å². The number of tetrazole rings is 1. The SMILES string of the molecule is O=C(O)CCC(NC(=O)OCC1c2ccccc2-c2ccccc21)C(=O)NCc1nn[nH]n1. The fourth-order valence-electron chi connectivity index (χ4n) is 3.87. The number of nitrogens with zero attached hydrogens (tertiary/aromatic N) is 3. The van der Waals surface area contributed by atoms with E-state index in [0.717, 1.165) is 22.3 Å². The lowest BCUT2D eigenvalue weighted by atomic mass is 9.98. The number of rotatable bonds is 9. The molecule has 0 radical (unpaired) electrons. The predicted molar refractivity (Wildman–Crippen MR) is 115 cm³/mol. The molecule has 1 atom stereocenters. The number of H-pyrrole nitrogens is 1. The standard InChI is InChI=1S/C22H22N6O5/c29-20(30)10-9-18(21(31)23-11-19-25-27-28-26-19)24-22(32)33-12-17-15-7-3-1-5-13(15)14-6-2-4-8-16(14)17/h1-8,17-18H,9-12H2,(H,23,31)(H,24,32)(H,29,30)(H,25,26,27,28). The van der Waals surface area contributed by atoms with Gasteiger partial charge >= 0.3 is 12.1 Å². The van der Waals surface area contributed by atoms with Gasteiger partial charge in [0.2, 0.25) is 5.91 Å². The molecule has 4 N–H and O–H groups in total. The molecule has 1 aliphatic carbocycles. The Morgan fingerprint density at radius 2 is 1.73 bits per heavy atom. The van der Waals surface area contributed by atoms with Crippen molar-refractivity contribution in [2.75, 3.05) is 6.61 Å². The van der Waals surface area contributed by atoms with Gasteiger partial charge in [0.05, 0.1) is 6.54 Å². The third-order valence-electron chi connectivity index (χ3n) is 5.41. The topological polar surface area (TPSA) is 159 Å². The summed E-state index contributed by atoms with van der Waals surface area (Å²) in [6.45, 7) is 0.0568. The Kier molecular flexibility index (Phi) is 6.58. The number of amides is 2. The van der Waals surface area contributed by atoms with Crippen molar-refractivity contribution >= 4 is 18.0 Å². The lowest BCUT2D eigenvalue weighted by molar-refractivity contribution is -0.137. The highest BCUT2D eigenvalue weighted by atomic mass is 16.5. The summed E-state index contributed by atoms with van der Waals surface area (Å²) in [5.74, 6) is -1.54. The number of hydrogen-bond acceptors (Lipinski definition) is 7. The summed E-state index contributed by atoms with van der Waals surface area (Å²) in [5, 5.41) is 27.1. The van der Waals surface area contributed by atoms with E-state index in [1.54, 1.807) is 0 Å². The Bertz CT molecular complexity index is 1100. The van der Waals surface area contributed by atoms with E-state index < -0.39 is 24.0 Å². The highest BCUT2D eigenvalue weighted by Crippen LogP contribution is 2.44. The number of hydrogen-bond donors (Lipinski definition) is 4. The van der Waals surface area contributed by atoms with E-state index in [1.165, 1.54) is 0 Å². The number of fused-ring (bicyclic) bond motifs is 3. The zero-order valence-electron chi connectivity index (χ0n) is 17.5. The minimum atomic E-state index is -1.09. The molecular formula is C22H22N6O5. The van der Waals surface area contributed by atoms with Gasteiger partial charge in [-0.3, -0.25) is 9.59 Å². The molecule has 2 aromatic carbocycles. The van der Waals surface area contributed by atoms with E-state index in [9.17, 15) is 14.4 Å². The molecule has 4 rings (SSSR count). The predicted octanol–water partition coefficient (Wildman–Crippen LogP) is 1.59. The Balaban J connectivity index is 1.39. The number of benzene rings is 2. The fraction of sp³-hybridized carbons (Fsp3) is 0.273. The average molecular weight is 450 g/mol. The summed E-state index contributed by atoms with van der Waals surface area (Å²) in [5.41, 5.74) is 4.32. The number of aliphatic carboxylic acids is 1. The molecule has 1 aromatic heterocycles. The zero-order valence-corrected chi connectivity index (χ0v) is 17.5. The van der Waals surface area contributed by atoms with Crippen LogP contribution in [0.15, 0.2) is 48.5 Å². The van der Waals surface area contributed by atoms with Crippen LogP contribution in [0.3, 0.4) is 0 Å². The number of carboxylic acid groups (broad SMARTS) is 1. The van der Waals surface area contributed by atoms with Gasteiger partial charge in [-0.15, -0.1) is 10.2 Å². The van der Waals surface area contributed by atoms with E-state index in [1.807, 2.05) is 48.5 Å². The van der Waals surface area contributed by atoms with Crippen molar-refractivity contribution in [2.45, 2.75) is 31.3 Å². The minimum absolute atomic E-state index is 0.0225. The second-order valence-electron chi connectivity index (χ2n) is 7.50. The molecule has 11 heteroatoms. The van der Waals surface area contributed by atoms with Crippen molar-refractivity contribution in [1.29, 1.82) is 0 Å². The van der Waals surface area contributed by atoms with Gasteiger partial charge in [0.15, 0.2) is 5.82 Å². The van der Waals surface area contributed by atoms with Gasteiger partial charge in [-0.25, -0.2) is 4.79 Å². The van der Waals surface area contributed by atoms with Crippen molar-refractivity contribution < 1.29 is 24.2 Å². The third kappa shape index (κ3) is 5.14. The molecule has 0 spiro atoms. The smallest absolute Gasteiger partial charge is 0.407 e. The zero-order chi connectivity index (χ0) is 23.2. The van der Waals surface area contributed by atoms with Gasteiger partial charge < -0.3 is 20.5 Å². The van der Waals surface area contributed by atoms with Gasteiger partial charge in [-0.1, -0.05) is 53.7 Å². The lowest BCUT2D eigenvalue weighted by Gasteiger charge is -2.19. The first-order valence-corrected chi connectivity index (χ1v) is 10.4. The first-order chi connectivity index (χ1) is 16.0. The van der Waals surface area contributed by atoms with Crippen LogP contribution in [0.5, 0.6) is 0 Å². The molecule has 1 heterocycles. The summed E-state index contributed by atoms with van der Waals surface area (Å²) in [4.78, 5) is 36.0. The van der Waals surface area contributed by atoms with Gasteiger partial charge in [0.25, 0.3) is 0 Å². The third-order valence-corrected chi connectivity index (χ3v) is 5.41. The summed E-state index contributed by atoms with van der Waals surface area (Å²) >= 11 is 0. The molecular weight excluding hydrogens is 428 g/mol. The Labute approximate surface area is 188 Å². The Morgan fingerprint density at radius 3 is 2.33 bits per heavy atom.